The number of ketones is 1. The molecule has 4 fully saturated rings. The third-order valence-corrected chi connectivity index (χ3v) is 13.4. The summed E-state index contributed by atoms with van der Waals surface area (Å²) >= 11 is 0. The van der Waals surface area contributed by atoms with Gasteiger partial charge in [0.1, 0.15) is 17.6 Å². The minimum absolute atomic E-state index is 0.00846. The van der Waals surface area contributed by atoms with Crippen LogP contribution in [0, 0.1) is 5.92 Å². The van der Waals surface area contributed by atoms with Crippen molar-refractivity contribution in [1.82, 2.24) is 43.7 Å². The van der Waals surface area contributed by atoms with Gasteiger partial charge in [-0.1, -0.05) is 12.1 Å². The number of carbonyl (C=O) groups is 3. The fourth-order valence-electron chi connectivity index (χ4n) is 10.1. The molecular formula is C44H54F2N10O6. The van der Waals surface area contributed by atoms with Crippen LogP contribution in [0.2, 0.25) is 0 Å². The Morgan fingerprint density at radius 2 is 1.81 bits per heavy atom. The van der Waals surface area contributed by atoms with Crippen molar-refractivity contribution >= 4 is 40.1 Å². The van der Waals surface area contributed by atoms with E-state index >= 15 is 0 Å². The molecule has 1 aliphatic carbocycles. The summed E-state index contributed by atoms with van der Waals surface area (Å²) in [5.74, 6) is 0.0327. The molecule has 7 heterocycles. The lowest BCUT2D eigenvalue weighted by atomic mass is 9.85. The SMILES string of the molecule is Cn1c(=O)n(C2CCC(=O)NC2=O)c2cccc(CCCOC3CCN(CC4CCC(n5cc(CC(=O)c6cnn7ccc(N8CC[C@@H](O)C8)nc67)c(C(F)F)n5)CC4)CC3)c21. The topological polar surface area (TPSA) is 174 Å². The molecular weight excluding hydrogens is 803 g/mol. The summed E-state index contributed by atoms with van der Waals surface area (Å²) < 4.78 is 41.2. The monoisotopic (exact) mass is 856 g/mol. The number of β-amino-alcohol motifs (C(OH)–C–C–N with tert-alkyl or cyclic N) is 1. The van der Waals surface area contributed by atoms with Crippen molar-refractivity contribution in [2.45, 2.75) is 108 Å². The second-order valence-electron chi connectivity index (χ2n) is 17.5. The molecule has 2 amide bonds. The Bertz CT molecular complexity index is 2510. The van der Waals surface area contributed by atoms with Gasteiger partial charge < -0.3 is 19.6 Å². The number of imidazole rings is 1. The number of para-hydroxylation sites is 1. The first-order valence-corrected chi connectivity index (χ1v) is 22.0. The summed E-state index contributed by atoms with van der Waals surface area (Å²) in [4.78, 5) is 60.3. The van der Waals surface area contributed by atoms with E-state index in [4.69, 9.17) is 4.74 Å². The Balaban J connectivity index is 0.729. The number of imide groups is 1. The predicted molar refractivity (Wildman–Crippen MR) is 224 cm³/mol. The number of Topliss-reactive ketones (excluding diaryl/α,β-unsaturated/α-hetero) is 1. The first-order valence-electron chi connectivity index (χ1n) is 22.0. The molecule has 0 spiro atoms. The number of likely N-dealkylation sites (tertiary alicyclic amines) is 1. The van der Waals surface area contributed by atoms with Crippen LogP contribution in [0.15, 0.2) is 47.7 Å². The Morgan fingerprint density at radius 1 is 1.00 bits per heavy atom. The smallest absolute Gasteiger partial charge is 0.329 e. The number of ether oxygens (including phenoxy) is 1. The zero-order valence-electron chi connectivity index (χ0n) is 35.0. The van der Waals surface area contributed by atoms with Crippen molar-refractivity contribution in [3.8, 4) is 0 Å². The number of piperidine rings is 2. The van der Waals surface area contributed by atoms with Crippen LogP contribution in [-0.4, -0.2) is 113 Å². The number of aromatic nitrogens is 7. The van der Waals surface area contributed by atoms with Crippen molar-refractivity contribution in [1.29, 1.82) is 0 Å². The first kappa shape index (κ1) is 42.0. The van der Waals surface area contributed by atoms with Crippen LogP contribution in [0.25, 0.3) is 16.7 Å². The lowest BCUT2D eigenvalue weighted by molar-refractivity contribution is -0.135. The first-order chi connectivity index (χ1) is 30.0. The van der Waals surface area contributed by atoms with Gasteiger partial charge in [0.05, 0.1) is 41.0 Å². The summed E-state index contributed by atoms with van der Waals surface area (Å²) in [7, 11) is 1.72. The number of anilines is 1. The lowest BCUT2D eigenvalue weighted by Crippen LogP contribution is -2.44. The van der Waals surface area contributed by atoms with Gasteiger partial charge in [0.15, 0.2) is 11.4 Å². The predicted octanol–water partition coefficient (Wildman–Crippen LogP) is 4.34. The van der Waals surface area contributed by atoms with Crippen LogP contribution in [0.4, 0.5) is 14.6 Å². The average Bonchev–Trinajstić information content (AvgIpc) is 4.06. The van der Waals surface area contributed by atoms with Crippen LogP contribution in [0.3, 0.4) is 0 Å². The Morgan fingerprint density at radius 3 is 2.55 bits per heavy atom. The number of rotatable bonds is 14. The Hall–Kier alpha value is -5.33. The highest BCUT2D eigenvalue weighted by atomic mass is 19.3. The number of aliphatic hydroxyl groups excluding tert-OH is 1. The number of fused-ring (bicyclic) bond motifs is 2. The van der Waals surface area contributed by atoms with E-state index in [0.717, 1.165) is 82.1 Å². The zero-order chi connectivity index (χ0) is 43.1. The molecule has 1 aromatic carbocycles. The molecule has 3 saturated heterocycles. The number of aryl methyl sites for hydroxylation is 2. The highest BCUT2D eigenvalue weighted by Crippen LogP contribution is 2.35. The Labute approximate surface area is 356 Å². The van der Waals surface area contributed by atoms with E-state index in [9.17, 15) is 33.1 Å². The van der Waals surface area contributed by atoms with Crippen molar-refractivity contribution in [3.05, 3.63) is 75.7 Å². The van der Waals surface area contributed by atoms with Gasteiger partial charge >= 0.3 is 5.69 Å². The molecule has 3 aliphatic heterocycles. The molecule has 1 unspecified atom stereocenters. The van der Waals surface area contributed by atoms with Gasteiger partial charge in [0.2, 0.25) is 11.8 Å². The number of aliphatic hydroxyl groups is 1. The molecule has 0 bridgehead atoms. The minimum Gasteiger partial charge on any atom is -0.391 e. The number of carbonyl (C=O) groups excluding carboxylic acids is 3. The summed E-state index contributed by atoms with van der Waals surface area (Å²) in [6.45, 7) is 4.62. The highest BCUT2D eigenvalue weighted by Gasteiger charge is 2.33. The molecule has 9 rings (SSSR count). The molecule has 1 saturated carbocycles. The standard InChI is InChI=1S/C44H54F2N10O6/c1-51-40-28(4-2-6-34(40)56(44(51)61)35-11-12-38(59)49-43(35)60)5-3-21-62-32-14-17-52(18-15-32)24-27-7-9-30(10-8-27)55-25-29(39(50-55)41(45)46)22-36(58)33-23-47-54-20-16-37(48-42(33)54)53-19-13-31(57)26-53/h2,4,6,16,20,23,25,27,30-32,35,41,57H,3,5,7-15,17-19,21-22,24,26H2,1H3,(H,49,59,60)/t27?,30?,31-,35?/m1/s1. The maximum absolute atomic E-state index is 14.3. The molecule has 0 radical (unpaired) electrons. The average molecular weight is 857 g/mol. The number of amides is 2. The summed E-state index contributed by atoms with van der Waals surface area (Å²) in [5, 5.41) is 20.9. The van der Waals surface area contributed by atoms with Crippen molar-refractivity contribution in [2.75, 3.05) is 44.2 Å². The molecule has 330 valence electrons. The van der Waals surface area contributed by atoms with E-state index in [0.29, 0.717) is 55.4 Å². The van der Waals surface area contributed by atoms with E-state index in [1.165, 1.54) is 15.3 Å². The van der Waals surface area contributed by atoms with Crippen molar-refractivity contribution in [2.24, 2.45) is 13.0 Å². The van der Waals surface area contributed by atoms with Gasteiger partial charge in [0, 0.05) is 77.2 Å². The number of nitrogens with zero attached hydrogens (tertiary/aromatic N) is 9. The van der Waals surface area contributed by atoms with Gasteiger partial charge in [-0.25, -0.2) is 23.1 Å². The molecule has 4 aromatic heterocycles. The molecule has 16 nitrogen and oxygen atoms in total. The molecule has 62 heavy (non-hydrogen) atoms. The minimum atomic E-state index is -2.81. The van der Waals surface area contributed by atoms with Crippen LogP contribution < -0.4 is 15.9 Å². The second-order valence-corrected chi connectivity index (χ2v) is 17.5. The van der Waals surface area contributed by atoms with Crippen LogP contribution in [0.1, 0.15) is 110 Å². The normalized spacial score (nSPS) is 23.0. The number of alkyl halides is 2. The number of halogens is 2. The van der Waals surface area contributed by atoms with Gasteiger partial charge in [-0.3, -0.25) is 33.5 Å². The van der Waals surface area contributed by atoms with E-state index in [-0.39, 0.29) is 59.2 Å². The van der Waals surface area contributed by atoms with Crippen LogP contribution in [-0.2, 0) is 34.2 Å². The summed E-state index contributed by atoms with van der Waals surface area (Å²) in [5.41, 5.74) is 2.73. The van der Waals surface area contributed by atoms with E-state index in [1.54, 1.807) is 34.8 Å². The van der Waals surface area contributed by atoms with Gasteiger partial charge in [-0.2, -0.15) is 10.2 Å². The molecule has 2 N–H and O–H groups in total. The Kier molecular flexibility index (Phi) is 12.1. The lowest BCUT2D eigenvalue weighted by Gasteiger charge is -2.36. The number of hydrogen-bond acceptors (Lipinski definition) is 11. The number of nitrogens with one attached hydrogen (secondary N) is 1. The zero-order valence-corrected chi connectivity index (χ0v) is 35.0. The second kappa shape index (κ2) is 17.8. The van der Waals surface area contributed by atoms with Crippen molar-refractivity contribution in [3.63, 3.8) is 0 Å². The summed E-state index contributed by atoms with van der Waals surface area (Å²) in [6, 6.07) is 6.84. The van der Waals surface area contributed by atoms with E-state index in [2.05, 4.69) is 25.4 Å². The third kappa shape index (κ3) is 8.56. The van der Waals surface area contributed by atoms with Gasteiger partial charge in [-0.15, -0.1) is 0 Å². The maximum Gasteiger partial charge on any atom is 0.329 e. The number of benzene rings is 1. The molecule has 2 atom stereocenters. The maximum atomic E-state index is 14.3. The van der Waals surface area contributed by atoms with Gasteiger partial charge in [-0.05, 0) is 87.8 Å². The van der Waals surface area contributed by atoms with Crippen molar-refractivity contribution < 1.29 is 33.0 Å². The fourth-order valence-corrected chi connectivity index (χ4v) is 10.1. The molecule has 18 heteroatoms. The molecule has 4 aliphatic rings. The molecule has 5 aromatic rings. The fraction of sp³-hybridized carbons (Fsp3) is 0.568. The van der Waals surface area contributed by atoms with E-state index in [1.807, 2.05) is 23.1 Å². The third-order valence-electron chi connectivity index (χ3n) is 13.4. The highest BCUT2D eigenvalue weighted by molar-refractivity contribution is 6.02. The summed E-state index contributed by atoms with van der Waals surface area (Å²) in [6.07, 6.45) is 9.66. The van der Waals surface area contributed by atoms with Crippen LogP contribution in [0.5, 0.6) is 0 Å². The largest absolute Gasteiger partial charge is 0.391 e. The van der Waals surface area contributed by atoms with Gasteiger partial charge in [0.25, 0.3) is 6.43 Å². The quantitative estimate of drug-likeness (QED) is 0.0925. The van der Waals surface area contributed by atoms with E-state index < -0.39 is 24.5 Å². The number of hydrogen-bond donors (Lipinski definition) is 2. The van der Waals surface area contributed by atoms with Crippen LogP contribution >= 0.6 is 0 Å².